The van der Waals surface area contributed by atoms with Crippen molar-refractivity contribution >= 4 is 38.4 Å². The summed E-state index contributed by atoms with van der Waals surface area (Å²) in [5.41, 5.74) is 1.66. The molecule has 1 aromatic heterocycles. The highest BCUT2D eigenvalue weighted by Gasteiger charge is 2.23. The zero-order valence-corrected chi connectivity index (χ0v) is 17.4. The van der Waals surface area contributed by atoms with Gasteiger partial charge in [-0.1, -0.05) is 17.4 Å². The van der Waals surface area contributed by atoms with E-state index in [0.717, 1.165) is 45.6 Å². The Morgan fingerprint density at radius 3 is 2.59 bits per heavy atom. The molecule has 0 atom stereocenters. The molecule has 8 heteroatoms. The van der Waals surface area contributed by atoms with Crippen molar-refractivity contribution in [2.45, 2.75) is 6.92 Å². The summed E-state index contributed by atoms with van der Waals surface area (Å²) in [4.78, 5) is 21.4. The molecule has 0 unspecified atom stereocenters. The Morgan fingerprint density at radius 1 is 1.14 bits per heavy atom. The number of para-hydroxylation sites is 1. The standard InChI is InChI=1S/C21H24N4O3S/c1-3-28-16-9-7-15(8-10-16)22-20(26)24-11-13-25(14-12-24)21-23-19-17(27-2)5-4-6-18(19)29-21/h4-10H,3,11-14H2,1-2H3,(H,22,26). The molecular weight excluding hydrogens is 388 g/mol. The van der Waals surface area contributed by atoms with Crippen LogP contribution in [0.2, 0.25) is 0 Å². The Balaban J connectivity index is 1.36. The number of anilines is 2. The maximum atomic E-state index is 12.6. The van der Waals surface area contributed by atoms with Crippen LogP contribution in [-0.2, 0) is 0 Å². The topological polar surface area (TPSA) is 66.9 Å². The van der Waals surface area contributed by atoms with Crippen molar-refractivity contribution in [1.82, 2.24) is 9.88 Å². The molecule has 3 aromatic rings. The van der Waals surface area contributed by atoms with Gasteiger partial charge in [-0.05, 0) is 43.3 Å². The Bertz CT molecular complexity index is 981. The lowest BCUT2D eigenvalue weighted by molar-refractivity contribution is 0.208. The van der Waals surface area contributed by atoms with Crippen LogP contribution in [0.4, 0.5) is 15.6 Å². The van der Waals surface area contributed by atoms with Gasteiger partial charge in [0.25, 0.3) is 0 Å². The summed E-state index contributed by atoms with van der Waals surface area (Å²) >= 11 is 1.65. The lowest BCUT2D eigenvalue weighted by atomic mass is 10.3. The second-order valence-electron chi connectivity index (χ2n) is 6.67. The van der Waals surface area contributed by atoms with Crippen LogP contribution in [0.5, 0.6) is 11.5 Å². The molecule has 0 aliphatic carbocycles. The lowest BCUT2D eigenvalue weighted by Crippen LogP contribution is -2.50. The van der Waals surface area contributed by atoms with Gasteiger partial charge in [0.2, 0.25) is 0 Å². The number of carbonyl (C=O) groups excluding carboxylic acids is 1. The van der Waals surface area contributed by atoms with Crippen LogP contribution in [0.15, 0.2) is 42.5 Å². The van der Waals surface area contributed by atoms with Crippen molar-refractivity contribution in [3.63, 3.8) is 0 Å². The van der Waals surface area contributed by atoms with E-state index in [9.17, 15) is 4.79 Å². The van der Waals surface area contributed by atoms with E-state index >= 15 is 0 Å². The van der Waals surface area contributed by atoms with Crippen molar-refractivity contribution in [1.29, 1.82) is 0 Å². The number of nitrogens with zero attached hydrogens (tertiary/aromatic N) is 3. The van der Waals surface area contributed by atoms with Gasteiger partial charge in [0.05, 0.1) is 18.4 Å². The lowest BCUT2D eigenvalue weighted by Gasteiger charge is -2.34. The number of aromatic nitrogens is 1. The number of nitrogens with one attached hydrogen (secondary N) is 1. The zero-order valence-electron chi connectivity index (χ0n) is 16.6. The highest BCUT2D eigenvalue weighted by atomic mass is 32.1. The van der Waals surface area contributed by atoms with Gasteiger partial charge >= 0.3 is 6.03 Å². The van der Waals surface area contributed by atoms with Gasteiger partial charge < -0.3 is 24.6 Å². The number of hydrogen-bond donors (Lipinski definition) is 1. The number of fused-ring (bicyclic) bond motifs is 1. The van der Waals surface area contributed by atoms with Crippen molar-refractivity contribution in [3.8, 4) is 11.5 Å². The number of amides is 2. The number of benzene rings is 2. The average molecular weight is 413 g/mol. The van der Waals surface area contributed by atoms with E-state index in [1.54, 1.807) is 18.4 Å². The molecule has 152 valence electrons. The van der Waals surface area contributed by atoms with Gasteiger partial charge in [-0.25, -0.2) is 9.78 Å². The fraction of sp³-hybridized carbons (Fsp3) is 0.333. The number of hydrogen-bond acceptors (Lipinski definition) is 6. The fourth-order valence-electron chi connectivity index (χ4n) is 3.32. The molecule has 0 bridgehead atoms. The molecule has 1 N–H and O–H groups in total. The maximum absolute atomic E-state index is 12.6. The maximum Gasteiger partial charge on any atom is 0.321 e. The van der Waals surface area contributed by atoms with Crippen molar-refractivity contribution in [2.75, 3.05) is 50.1 Å². The summed E-state index contributed by atoms with van der Waals surface area (Å²) in [6.45, 7) is 5.36. The smallest absolute Gasteiger partial charge is 0.321 e. The van der Waals surface area contributed by atoms with E-state index in [1.165, 1.54) is 0 Å². The number of ether oxygens (including phenoxy) is 2. The van der Waals surface area contributed by atoms with Gasteiger partial charge in [-0.3, -0.25) is 0 Å². The first-order valence-corrected chi connectivity index (χ1v) is 10.5. The SMILES string of the molecule is CCOc1ccc(NC(=O)N2CCN(c3nc4c(OC)cccc4s3)CC2)cc1. The zero-order chi connectivity index (χ0) is 20.2. The monoisotopic (exact) mass is 412 g/mol. The van der Waals surface area contributed by atoms with E-state index < -0.39 is 0 Å². The third-order valence-corrected chi connectivity index (χ3v) is 5.93. The van der Waals surface area contributed by atoms with Gasteiger partial charge in [-0.15, -0.1) is 0 Å². The number of carbonyl (C=O) groups is 1. The number of piperazine rings is 1. The third kappa shape index (κ3) is 4.22. The van der Waals surface area contributed by atoms with Crippen LogP contribution in [0.1, 0.15) is 6.92 Å². The summed E-state index contributed by atoms with van der Waals surface area (Å²) in [6, 6.07) is 13.3. The first-order valence-electron chi connectivity index (χ1n) is 9.65. The third-order valence-electron chi connectivity index (χ3n) is 4.84. The highest BCUT2D eigenvalue weighted by molar-refractivity contribution is 7.22. The summed E-state index contributed by atoms with van der Waals surface area (Å²) < 4.78 is 11.9. The van der Waals surface area contributed by atoms with Gasteiger partial charge in [-0.2, -0.15) is 0 Å². The first kappa shape index (κ1) is 19.3. The van der Waals surface area contributed by atoms with E-state index in [1.807, 2.05) is 48.2 Å². The summed E-state index contributed by atoms with van der Waals surface area (Å²) in [5, 5.41) is 3.92. The molecule has 1 saturated heterocycles. The van der Waals surface area contributed by atoms with Crippen molar-refractivity contribution < 1.29 is 14.3 Å². The Morgan fingerprint density at radius 2 is 1.90 bits per heavy atom. The molecule has 2 aromatic carbocycles. The summed E-state index contributed by atoms with van der Waals surface area (Å²) in [6.07, 6.45) is 0. The van der Waals surface area contributed by atoms with Crippen LogP contribution in [0.25, 0.3) is 10.2 Å². The molecule has 0 radical (unpaired) electrons. The molecule has 1 fully saturated rings. The molecule has 0 saturated carbocycles. The molecule has 0 spiro atoms. The quantitative estimate of drug-likeness (QED) is 0.685. The van der Waals surface area contributed by atoms with Crippen LogP contribution in [0.3, 0.4) is 0 Å². The Hall–Kier alpha value is -3.00. The predicted octanol–water partition coefficient (Wildman–Crippen LogP) is 4.06. The van der Waals surface area contributed by atoms with E-state index in [4.69, 9.17) is 14.5 Å². The average Bonchev–Trinajstić information content (AvgIpc) is 3.20. The molecule has 1 aliphatic rings. The van der Waals surface area contributed by atoms with Crippen LogP contribution in [-0.4, -0.2) is 55.8 Å². The summed E-state index contributed by atoms with van der Waals surface area (Å²) in [5.74, 6) is 1.59. The van der Waals surface area contributed by atoms with E-state index in [2.05, 4.69) is 16.3 Å². The predicted molar refractivity (Wildman–Crippen MR) is 117 cm³/mol. The largest absolute Gasteiger partial charge is 0.494 e. The fourth-order valence-corrected chi connectivity index (χ4v) is 4.35. The van der Waals surface area contributed by atoms with Crippen molar-refractivity contribution in [2.24, 2.45) is 0 Å². The molecule has 7 nitrogen and oxygen atoms in total. The normalized spacial score (nSPS) is 14.1. The first-order chi connectivity index (χ1) is 14.2. The number of thiazole rings is 1. The molecule has 2 amide bonds. The minimum Gasteiger partial charge on any atom is -0.494 e. The highest BCUT2D eigenvalue weighted by Crippen LogP contribution is 2.34. The van der Waals surface area contributed by atoms with Crippen LogP contribution < -0.4 is 19.7 Å². The van der Waals surface area contributed by atoms with Gasteiger partial charge in [0, 0.05) is 31.9 Å². The van der Waals surface area contributed by atoms with Crippen LogP contribution in [0, 0.1) is 0 Å². The number of urea groups is 1. The molecule has 4 rings (SSSR count). The molecule has 29 heavy (non-hydrogen) atoms. The Kier molecular flexibility index (Phi) is 5.71. The Labute approximate surface area is 173 Å². The second-order valence-corrected chi connectivity index (χ2v) is 7.67. The summed E-state index contributed by atoms with van der Waals surface area (Å²) in [7, 11) is 1.66. The van der Waals surface area contributed by atoms with Gasteiger partial charge in [0.1, 0.15) is 17.0 Å². The van der Waals surface area contributed by atoms with E-state index in [-0.39, 0.29) is 6.03 Å². The van der Waals surface area contributed by atoms with Gasteiger partial charge in [0.15, 0.2) is 5.13 Å². The van der Waals surface area contributed by atoms with Crippen molar-refractivity contribution in [3.05, 3.63) is 42.5 Å². The molecule has 1 aliphatic heterocycles. The minimum absolute atomic E-state index is 0.0835. The van der Waals surface area contributed by atoms with E-state index in [0.29, 0.717) is 19.7 Å². The van der Waals surface area contributed by atoms with Crippen LogP contribution >= 0.6 is 11.3 Å². The number of rotatable bonds is 5. The molecule has 2 heterocycles. The second kappa shape index (κ2) is 8.57. The minimum atomic E-state index is -0.0835. The number of methoxy groups -OCH3 is 1. The molecular formula is C21H24N4O3S.